The van der Waals surface area contributed by atoms with E-state index >= 15 is 0 Å². The number of rotatable bonds is 6. The molecule has 33 heavy (non-hydrogen) atoms. The highest BCUT2D eigenvalue weighted by Crippen LogP contribution is 2.27. The standard InChI is InChI=1S/C26H32N4O3/c1-3-20-6-4-5-7-23(20)27-24(31)18-28-12-14-29(15-13-28)26(33)21-16-25(32)30(17-21)22-10-8-19(2)9-11-22/h4-11,21H,3,12-18H2,1-2H3,(H,27,31). The summed E-state index contributed by atoms with van der Waals surface area (Å²) in [6, 6.07) is 15.7. The first-order chi connectivity index (χ1) is 15.9. The summed E-state index contributed by atoms with van der Waals surface area (Å²) < 4.78 is 0. The Morgan fingerprint density at radius 3 is 2.39 bits per heavy atom. The molecule has 2 saturated heterocycles. The third-order valence-electron chi connectivity index (χ3n) is 6.54. The number of carbonyl (C=O) groups is 3. The topological polar surface area (TPSA) is 73.0 Å². The van der Waals surface area contributed by atoms with Crippen LogP contribution in [0.15, 0.2) is 48.5 Å². The molecule has 2 aromatic rings. The molecule has 3 amide bonds. The molecule has 0 aliphatic carbocycles. The predicted octanol–water partition coefficient (Wildman–Crippen LogP) is 2.69. The fourth-order valence-electron chi connectivity index (χ4n) is 4.58. The Labute approximate surface area is 195 Å². The minimum absolute atomic E-state index is 0.000120. The number of piperazine rings is 1. The lowest BCUT2D eigenvalue weighted by Crippen LogP contribution is -2.52. The predicted molar refractivity (Wildman–Crippen MR) is 129 cm³/mol. The summed E-state index contributed by atoms with van der Waals surface area (Å²) in [4.78, 5) is 43.8. The van der Waals surface area contributed by atoms with Gasteiger partial charge >= 0.3 is 0 Å². The second kappa shape index (κ2) is 10.2. The van der Waals surface area contributed by atoms with E-state index in [0.29, 0.717) is 39.3 Å². The number of nitrogens with zero attached hydrogens (tertiary/aromatic N) is 3. The van der Waals surface area contributed by atoms with Gasteiger partial charge in [0.15, 0.2) is 0 Å². The van der Waals surface area contributed by atoms with E-state index in [9.17, 15) is 14.4 Å². The average Bonchev–Trinajstić information content (AvgIpc) is 3.21. The van der Waals surface area contributed by atoms with Crippen LogP contribution in [0.3, 0.4) is 0 Å². The van der Waals surface area contributed by atoms with Gasteiger partial charge in [0.2, 0.25) is 17.7 Å². The van der Waals surface area contributed by atoms with E-state index in [2.05, 4.69) is 17.1 Å². The summed E-state index contributed by atoms with van der Waals surface area (Å²) in [5.41, 5.74) is 3.97. The number of para-hydroxylation sites is 1. The molecule has 2 fully saturated rings. The third-order valence-corrected chi connectivity index (χ3v) is 6.54. The van der Waals surface area contributed by atoms with Gasteiger partial charge < -0.3 is 15.1 Å². The second-order valence-electron chi connectivity index (χ2n) is 8.90. The van der Waals surface area contributed by atoms with Crippen LogP contribution in [0.2, 0.25) is 0 Å². The molecule has 1 N–H and O–H groups in total. The van der Waals surface area contributed by atoms with Crippen LogP contribution in [0.5, 0.6) is 0 Å². The van der Waals surface area contributed by atoms with Crippen molar-refractivity contribution in [1.82, 2.24) is 9.80 Å². The number of benzene rings is 2. The number of hydrogen-bond acceptors (Lipinski definition) is 4. The largest absolute Gasteiger partial charge is 0.340 e. The van der Waals surface area contributed by atoms with Crippen molar-refractivity contribution in [2.24, 2.45) is 5.92 Å². The lowest BCUT2D eigenvalue weighted by Gasteiger charge is -2.35. The maximum Gasteiger partial charge on any atom is 0.238 e. The normalized spacial score (nSPS) is 19.1. The fraction of sp³-hybridized carbons (Fsp3) is 0.423. The van der Waals surface area contributed by atoms with Gasteiger partial charge in [0, 0.05) is 50.5 Å². The highest BCUT2D eigenvalue weighted by Gasteiger charge is 2.38. The first kappa shape index (κ1) is 23.0. The lowest BCUT2D eigenvalue weighted by atomic mass is 10.1. The van der Waals surface area contributed by atoms with Gasteiger partial charge in [-0.2, -0.15) is 0 Å². The summed E-state index contributed by atoms with van der Waals surface area (Å²) in [7, 11) is 0. The van der Waals surface area contributed by atoms with E-state index < -0.39 is 0 Å². The molecule has 4 rings (SSSR count). The molecule has 174 valence electrons. The van der Waals surface area contributed by atoms with Crippen LogP contribution in [0.4, 0.5) is 11.4 Å². The molecule has 1 unspecified atom stereocenters. The van der Waals surface area contributed by atoms with E-state index in [1.54, 1.807) is 4.90 Å². The number of hydrogen-bond donors (Lipinski definition) is 1. The van der Waals surface area contributed by atoms with Crippen LogP contribution in [0, 0.1) is 12.8 Å². The van der Waals surface area contributed by atoms with Crippen molar-refractivity contribution in [2.75, 3.05) is 49.5 Å². The van der Waals surface area contributed by atoms with Crippen molar-refractivity contribution >= 4 is 29.1 Å². The summed E-state index contributed by atoms with van der Waals surface area (Å²) >= 11 is 0. The monoisotopic (exact) mass is 448 g/mol. The zero-order chi connectivity index (χ0) is 23.4. The van der Waals surface area contributed by atoms with Gasteiger partial charge in [-0.3, -0.25) is 19.3 Å². The summed E-state index contributed by atoms with van der Waals surface area (Å²) in [6.45, 7) is 7.27. The number of aryl methyl sites for hydroxylation is 2. The van der Waals surface area contributed by atoms with Crippen LogP contribution < -0.4 is 10.2 Å². The van der Waals surface area contributed by atoms with Crippen molar-refractivity contribution in [3.05, 3.63) is 59.7 Å². The Morgan fingerprint density at radius 2 is 1.70 bits per heavy atom. The minimum atomic E-state index is -0.306. The molecule has 7 nitrogen and oxygen atoms in total. The van der Waals surface area contributed by atoms with Gasteiger partial charge in [-0.25, -0.2) is 0 Å². The maximum atomic E-state index is 13.1. The van der Waals surface area contributed by atoms with Crippen molar-refractivity contribution in [3.8, 4) is 0 Å². The first-order valence-corrected chi connectivity index (χ1v) is 11.7. The number of carbonyl (C=O) groups excluding carboxylic acids is 3. The van der Waals surface area contributed by atoms with Crippen LogP contribution in [0.25, 0.3) is 0 Å². The molecular weight excluding hydrogens is 416 g/mol. The van der Waals surface area contributed by atoms with Gasteiger partial charge in [-0.1, -0.05) is 42.8 Å². The molecule has 7 heteroatoms. The van der Waals surface area contributed by atoms with Crippen molar-refractivity contribution in [1.29, 1.82) is 0 Å². The van der Waals surface area contributed by atoms with Gasteiger partial charge in [0.05, 0.1) is 12.5 Å². The molecule has 0 aromatic heterocycles. The molecule has 2 aliphatic heterocycles. The number of anilines is 2. The Balaban J connectivity index is 1.26. The molecule has 1 atom stereocenters. The zero-order valence-corrected chi connectivity index (χ0v) is 19.4. The number of amides is 3. The van der Waals surface area contributed by atoms with Gasteiger partial charge in [-0.15, -0.1) is 0 Å². The maximum absolute atomic E-state index is 13.1. The van der Waals surface area contributed by atoms with Crippen LogP contribution in [0.1, 0.15) is 24.5 Å². The molecule has 0 spiro atoms. The Morgan fingerprint density at radius 1 is 1.00 bits per heavy atom. The Bertz CT molecular complexity index is 1010. The summed E-state index contributed by atoms with van der Waals surface area (Å²) in [6.07, 6.45) is 1.12. The smallest absolute Gasteiger partial charge is 0.238 e. The van der Waals surface area contributed by atoms with Crippen molar-refractivity contribution < 1.29 is 14.4 Å². The van der Waals surface area contributed by atoms with E-state index in [1.807, 2.05) is 60.4 Å². The summed E-state index contributed by atoms with van der Waals surface area (Å²) in [5.74, 6) is -0.302. The Kier molecular flexibility index (Phi) is 7.08. The summed E-state index contributed by atoms with van der Waals surface area (Å²) in [5, 5.41) is 3.01. The van der Waals surface area contributed by atoms with Crippen LogP contribution in [-0.2, 0) is 20.8 Å². The van der Waals surface area contributed by atoms with Crippen LogP contribution in [-0.4, -0.2) is 66.8 Å². The SMILES string of the molecule is CCc1ccccc1NC(=O)CN1CCN(C(=O)C2CC(=O)N(c3ccc(C)cc3)C2)CC1. The molecule has 2 aromatic carbocycles. The molecule has 2 heterocycles. The average molecular weight is 449 g/mol. The van der Waals surface area contributed by atoms with Crippen molar-refractivity contribution in [2.45, 2.75) is 26.7 Å². The highest BCUT2D eigenvalue weighted by atomic mass is 16.2. The van der Waals surface area contributed by atoms with Gasteiger partial charge in [0.1, 0.15) is 0 Å². The van der Waals surface area contributed by atoms with E-state index in [1.165, 1.54) is 0 Å². The van der Waals surface area contributed by atoms with Crippen LogP contribution >= 0.6 is 0 Å². The quantitative estimate of drug-likeness (QED) is 0.738. The molecule has 0 radical (unpaired) electrons. The fourth-order valence-corrected chi connectivity index (χ4v) is 4.58. The first-order valence-electron chi connectivity index (χ1n) is 11.7. The lowest BCUT2D eigenvalue weighted by molar-refractivity contribution is -0.137. The van der Waals surface area contributed by atoms with Gasteiger partial charge in [-0.05, 0) is 37.1 Å². The molecule has 2 aliphatic rings. The third kappa shape index (κ3) is 5.42. The Hall–Kier alpha value is -3.19. The second-order valence-corrected chi connectivity index (χ2v) is 8.90. The van der Waals surface area contributed by atoms with Gasteiger partial charge in [0.25, 0.3) is 0 Å². The zero-order valence-electron chi connectivity index (χ0n) is 19.4. The molecular formula is C26H32N4O3. The molecule has 0 saturated carbocycles. The van der Waals surface area contributed by atoms with E-state index in [0.717, 1.165) is 28.9 Å². The van der Waals surface area contributed by atoms with E-state index in [-0.39, 0.29) is 30.1 Å². The molecule has 0 bridgehead atoms. The number of nitrogens with one attached hydrogen (secondary N) is 1. The van der Waals surface area contributed by atoms with E-state index in [4.69, 9.17) is 0 Å². The minimum Gasteiger partial charge on any atom is -0.340 e. The van der Waals surface area contributed by atoms with Crippen molar-refractivity contribution in [3.63, 3.8) is 0 Å². The highest BCUT2D eigenvalue weighted by molar-refractivity contribution is 6.00.